The van der Waals surface area contributed by atoms with Crippen LogP contribution in [0.4, 0.5) is 0 Å². The zero-order valence-electron chi connectivity index (χ0n) is 20.3. The largest absolute Gasteiger partial charge is 0.504 e. The predicted molar refractivity (Wildman–Crippen MR) is 138 cm³/mol. The second-order valence-electron chi connectivity index (χ2n) is 8.36. The summed E-state index contributed by atoms with van der Waals surface area (Å²) in [5.74, 6) is -3.16. The second-order valence-corrected chi connectivity index (χ2v) is 8.36. The zero-order chi connectivity index (χ0) is 27.5. The average Bonchev–Trinajstić information content (AvgIpc) is 2.90. The van der Waals surface area contributed by atoms with Gasteiger partial charge in [0.1, 0.15) is 12.6 Å². The first-order valence-corrected chi connectivity index (χ1v) is 11.7. The molecule has 6 N–H and O–H groups in total. The molecule has 3 aromatic rings. The van der Waals surface area contributed by atoms with Crippen LogP contribution in [0.3, 0.4) is 0 Å². The molecule has 198 valence electrons. The molecule has 0 aliphatic carbocycles. The highest BCUT2D eigenvalue weighted by Crippen LogP contribution is 2.26. The van der Waals surface area contributed by atoms with Crippen LogP contribution in [0.25, 0.3) is 6.08 Å². The molecule has 10 heteroatoms. The lowest BCUT2D eigenvalue weighted by Crippen LogP contribution is -2.44. The van der Waals surface area contributed by atoms with E-state index in [4.69, 9.17) is 4.74 Å². The van der Waals surface area contributed by atoms with Gasteiger partial charge < -0.3 is 35.8 Å². The lowest BCUT2D eigenvalue weighted by atomic mass is 10.1. The van der Waals surface area contributed by atoms with Gasteiger partial charge in [-0.3, -0.25) is 9.59 Å². The third kappa shape index (κ3) is 8.59. The Morgan fingerprint density at radius 1 is 0.816 bits per heavy atom. The number of phenols is 4. The molecule has 3 rings (SSSR count). The van der Waals surface area contributed by atoms with E-state index in [1.54, 1.807) is 30.3 Å². The summed E-state index contributed by atoms with van der Waals surface area (Å²) in [6.45, 7) is 0.146. The highest BCUT2D eigenvalue weighted by atomic mass is 16.5. The molecule has 2 amide bonds. The zero-order valence-corrected chi connectivity index (χ0v) is 20.3. The number of aromatic hydroxyl groups is 4. The molecule has 0 saturated heterocycles. The minimum atomic E-state index is -1.28. The van der Waals surface area contributed by atoms with Crippen molar-refractivity contribution < 1.29 is 39.5 Å². The van der Waals surface area contributed by atoms with Crippen LogP contribution in [-0.2, 0) is 32.1 Å². The fourth-order valence-electron chi connectivity index (χ4n) is 3.39. The van der Waals surface area contributed by atoms with Gasteiger partial charge in [0, 0.05) is 12.6 Å². The molecule has 0 saturated carbocycles. The molecule has 0 aliphatic rings. The van der Waals surface area contributed by atoms with Gasteiger partial charge in [-0.15, -0.1) is 0 Å². The number of hydrogen-bond donors (Lipinski definition) is 6. The number of nitrogens with one attached hydrogen (secondary N) is 2. The van der Waals surface area contributed by atoms with E-state index in [1.165, 1.54) is 36.4 Å². The number of amides is 2. The molecule has 0 fully saturated rings. The lowest BCUT2D eigenvalue weighted by Gasteiger charge is -2.17. The van der Waals surface area contributed by atoms with Crippen LogP contribution >= 0.6 is 0 Å². The average molecular weight is 521 g/mol. The van der Waals surface area contributed by atoms with Gasteiger partial charge >= 0.3 is 5.97 Å². The number of ether oxygens (including phenoxy) is 1. The predicted octanol–water partition coefficient (Wildman–Crippen LogP) is 2.50. The summed E-state index contributed by atoms with van der Waals surface area (Å²) in [7, 11) is 0. The monoisotopic (exact) mass is 520 g/mol. The van der Waals surface area contributed by atoms with Crippen molar-refractivity contribution in [3.8, 4) is 23.0 Å². The number of rotatable bonds is 11. The van der Waals surface area contributed by atoms with E-state index in [-0.39, 0.29) is 42.6 Å². The molecule has 0 aromatic heterocycles. The van der Waals surface area contributed by atoms with Crippen molar-refractivity contribution in [2.45, 2.75) is 25.5 Å². The van der Waals surface area contributed by atoms with E-state index in [0.29, 0.717) is 17.5 Å². The van der Waals surface area contributed by atoms with Gasteiger partial charge in [-0.05, 0) is 53.5 Å². The van der Waals surface area contributed by atoms with E-state index in [1.807, 2.05) is 6.07 Å². The van der Waals surface area contributed by atoms with E-state index in [0.717, 1.165) is 11.6 Å². The van der Waals surface area contributed by atoms with Gasteiger partial charge in [0.05, 0.1) is 6.42 Å². The summed E-state index contributed by atoms with van der Waals surface area (Å²) in [5, 5.41) is 43.1. The smallest absolute Gasteiger partial charge is 0.329 e. The van der Waals surface area contributed by atoms with E-state index >= 15 is 0 Å². The SMILES string of the molecule is O=C(/C=C/c1ccc(O)c(O)c1)N[C@@H](CC(=O)NCCc1ccc(O)c(O)c1)C(=O)OCc1ccccc1. The maximum absolute atomic E-state index is 12.8. The van der Waals surface area contributed by atoms with Crippen LogP contribution in [0.15, 0.2) is 72.8 Å². The summed E-state index contributed by atoms with van der Waals surface area (Å²) >= 11 is 0. The van der Waals surface area contributed by atoms with Crippen molar-refractivity contribution in [1.29, 1.82) is 0 Å². The van der Waals surface area contributed by atoms with Gasteiger partial charge in [-0.2, -0.15) is 0 Å². The Morgan fingerprint density at radius 3 is 2.18 bits per heavy atom. The molecule has 1 atom stereocenters. The van der Waals surface area contributed by atoms with Crippen molar-refractivity contribution in [2.24, 2.45) is 0 Å². The molecule has 38 heavy (non-hydrogen) atoms. The van der Waals surface area contributed by atoms with Crippen LogP contribution in [0.2, 0.25) is 0 Å². The minimum absolute atomic E-state index is 0.0410. The van der Waals surface area contributed by atoms with Gasteiger partial charge in [0.2, 0.25) is 11.8 Å². The Bertz CT molecular complexity index is 1310. The molecular weight excluding hydrogens is 492 g/mol. The molecule has 0 radical (unpaired) electrons. The first kappa shape index (κ1) is 27.6. The molecule has 10 nitrogen and oxygen atoms in total. The molecule has 0 bridgehead atoms. The van der Waals surface area contributed by atoms with Crippen LogP contribution in [0.5, 0.6) is 23.0 Å². The standard InChI is InChI=1S/C28H28N2O8/c31-22-9-6-18(14-24(22)33)8-11-26(35)30-21(28(37)38-17-20-4-2-1-3-5-20)16-27(36)29-13-12-19-7-10-23(32)25(34)15-19/h1-11,14-15,21,31-34H,12-13,16-17H2,(H,29,36)(H,30,35)/b11-8+/t21-/m0/s1. The van der Waals surface area contributed by atoms with Crippen LogP contribution in [0.1, 0.15) is 23.1 Å². The highest BCUT2D eigenvalue weighted by Gasteiger charge is 2.25. The number of carbonyl (C=O) groups is 3. The Morgan fingerprint density at radius 2 is 1.50 bits per heavy atom. The molecule has 0 heterocycles. The van der Waals surface area contributed by atoms with Crippen molar-refractivity contribution in [2.75, 3.05) is 6.54 Å². The van der Waals surface area contributed by atoms with Crippen LogP contribution < -0.4 is 10.6 Å². The van der Waals surface area contributed by atoms with E-state index in [9.17, 15) is 34.8 Å². The summed E-state index contributed by atoms with van der Waals surface area (Å²) < 4.78 is 5.31. The fourth-order valence-corrected chi connectivity index (χ4v) is 3.39. The highest BCUT2D eigenvalue weighted by molar-refractivity contribution is 5.96. The van der Waals surface area contributed by atoms with Crippen molar-refractivity contribution in [3.05, 3.63) is 89.5 Å². The Hall–Kier alpha value is -4.99. The number of benzene rings is 3. The van der Waals surface area contributed by atoms with Crippen molar-refractivity contribution in [1.82, 2.24) is 10.6 Å². The minimum Gasteiger partial charge on any atom is -0.504 e. The third-order valence-corrected chi connectivity index (χ3v) is 5.42. The number of phenolic OH excluding ortho intramolecular Hbond substituents is 4. The maximum atomic E-state index is 12.8. The normalized spacial score (nSPS) is 11.6. The number of hydrogen-bond acceptors (Lipinski definition) is 8. The van der Waals surface area contributed by atoms with Crippen LogP contribution in [0, 0.1) is 0 Å². The Balaban J connectivity index is 1.60. The summed E-state index contributed by atoms with van der Waals surface area (Å²) in [4.78, 5) is 37.8. The summed E-state index contributed by atoms with van der Waals surface area (Å²) in [5.41, 5.74) is 1.84. The molecule has 0 spiro atoms. The maximum Gasteiger partial charge on any atom is 0.329 e. The van der Waals surface area contributed by atoms with E-state index < -0.39 is 23.8 Å². The summed E-state index contributed by atoms with van der Waals surface area (Å²) in [6.07, 6.45) is 2.47. The van der Waals surface area contributed by atoms with E-state index in [2.05, 4.69) is 10.6 Å². The van der Waals surface area contributed by atoms with Crippen molar-refractivity contribution >= 4 is 23.9 Å². The number of esters is 1. The molecule has 0 unspecified atom stereocenters. The van der Waals surface area contributed by atoms with Gasteiger partial charge in [0.25, 0.3) is 0 Å². The Labute approximate surface area is 218 Å². The fraction of sp³-hybridized carbons (Fsp3) is 0.179. The van der Waals surface area contributed by atoms with Gasteiger partial charge in [-0.1, -0.05) is 42.5 Å². The second kappa shape index (κ2) is 13.4. The molecular formula is C28H28N2O8. The molecule has 3 aromatic carbocycles. The van der Waals surface area contributed by atoms with Crippen LogP contribution in [-0.4, -0.2) is 50.8 Å². The van der Waals surface area contributed by atoms with Gasteiger partial charge in [-0.25, -0.2) is 4.79 Å². The number of carbonyl (C=O) groups excluding carboxylic acids is 3. The van der Waals surface area contributed by atoms with Crippen molar-refractivity contribution in [3.63, 3.8) is 0 Å². The third-order valence-electron chi connectivity index (χ3n) is 5.42. The first-order valence-electron chi connectivity index (χ1n) is 11.7. The topological polar surface area (TPSA) is 165 Å². The Kier molecular flexibility index (Phi) is 9.70. The van der Waals surface area contributed by atoms with Gasteiger partial charge in [0.15, 0.2) is 23.0 Å². The lowest BCUT2D eigenvalue weighted by molar-refractivity contribution is -0.150. The first-order chi connectivity index (χ1) is 18.2. The summed E-state index contributed by atoms with van der Waals surface area (Å²) in [6, 6.07) is 16.0. The molecule has 0 aliphatic heterocycles. The quantitative estimate of drug-likeness (QED) is 0.127.